The lowest BCUT2D eigenvalue weighted by Gasteiger charge is -2.19. The third-order valence-corrected chi connectivity index (χ3v) is 5.62. The molecule has 0 aromatic carbocycles. The summed E-state index contributed by atoms with van der Waals surface area (Å²) in [6, 6.07) is 3.01. The quantitative estimate of drug-likeness (QED) is 0.823. The molecule has 132 valence electrons. The third kappa shape index (κ3) is 4.43. The normalized spacial score (nSPS) is 24.2. The first-order valence-electron chi connectivity index (χ1n) is 8.15. The summed E-state index contributed by atoms with van der Waals surface area (Å²) in [4.78, 5) is 18.2. The lowest BCUT2D eigenvalue weighted by molar-refractivity contribution is -0.121. The number of carbonyl (C=O) groups is 1. The smallest absolute Gasteiger partial charge is 0.221 e. The van der Waals surface area contributed by atoms with Crippen LogP contribution in [0.5, 0.6) is 0 Å². The Balaban J connectivity index is 1.63. The Morgan fingerprint density at radius 2 is 2.12 bits per heavy atom. The second-order valence-corrected chi connectivity index (χ2v) is 9.05. The van der Waals surface area contributed by atoms with Gasteiger partial charge in [-0.15, -0.1) is 0 Å². The van der Waals surface area contributed by atoms with Crippen molar-refractivity contribution in [2.24, 2.45) is 11.8 Å². The molecular weight excluding hydrogens is 333 g/mol. The predicted octanol–water partition coefficient (Wildman–Crippen LogP) is 0.986. The molecule has 8 heteroatoms. The van der Waals surface area contributed by atoms with Crippen molar-refractivity contribution >= 4 is 21.6 Å². The lowest BCUT2D eigenvalue weighted by atomic mass is 9.98. The Kier molecular flexibility index (Phi) is 4.76. The van der Waals surface area contributed by atoms with Gasteiger partial charge in [0.05, 0.1) is 18.0 Å². The summed E-state index contributed by atoms with van der Waals surface area (Å²) in [5.41, 5.74) is 0. The molecule has 0 bridgehead atoms. The highest BCUT2D eigenvalue weighted by atomic mass is 32.2. The van der Waals surface area contributed by atoms with Gasteiger partial charge in [-0.2, -0.15) is 0 Å². The molecule has 0 radical (unpaired) electrons. The fourth-order valence-corrected chi connectivity index (χ4v) is 3.84. The first-order chi connectivity index (χ1) is 11.3. The second-order valence-electron chi connectivity index (χ2n) is 6.79. The van der Waals surface area contributed by atoms with E-state index in [0.717, 1.165) is 25.6 Å². The molecule has 1 saturated heterocycles. The molecule has 0 spiro atoms. The van der Waals surface area contributed by atoms with Crippen molar-refractivity contribution in [1.82, 2.24) is 10.3 Å². The standard InChI is InChI=1S/C16H22FN3O3S/c1-24(22,23)7-6-16(21)19-14-10-20(9-13(14)11-2-3-11)15-5-4-12(17)8-18-15/h4-5,8,11,13-14H,2-3,6-7,9-10H2,1H3,(H,19,21)/t13-,14+/m1/s1. The minimum atomic E-state index is -3.14. The van der Waals surface area contributed by atoms with Crippen molar-refractivity contribution in [3.8, 4) is 0 Å². The minimum Gasteiger partial charge on any atom is -0.354 e. The predicted molar refractivity (Wildman–Crippen MR) is 88.9 cm³/mol. The summed E-state index contributed by atoms with van der Waals surface area (Å²) < 4.78 is 35.4. The van der Waals surface area contributed by atoms with E-state index in [4.69, 9.17) is 0 Å². The Morgan fingerprint density at radius 3 is 2.71 bits per heavy atom. The van der Waals surface area contributed by atoms with E-state index in [-0.39, 0.29) is 29.9 Å². The molecule has 1 aromatic rings. The maximum Gasteiger partial charge on any atom is 0.221 e. The van der Waals surface area contributed by atoms with Gasteiger partial charge in [0, 0.05) is 31.7 Å². The number of amides is 1. The van der Waals surface area contributed by atoms with E-state index in [0.29, 0.717) is 24.2 Å². The van der Waals surface area contributed by atoms with Crippen LogP contribution in [0.4, 0.5) is 10.2 Å². The number of sulfone groups is 1. The van der Waals surface area contributed by atoms with Gasteiger partial charge in [-0.05, 0) is 30.9 Å². The Hall–Kier alpha value is -1.70. The average molecular weight is 355 g/mol. The first kappa shape index (κ1) is 17.1. The van der Waals surface area contributed by atoms with Crippen LogP contribution in [0.3, 0.4) is 0 Å². The molecular formula is C16H22FN3O3S. The van der Waals surface area contributed by atoms with Gasteiger partial charge in [0.1, 0.15) is 21.5 Å². The topological polar surface area (TPSA) is 79.4 Å². The van der Waals surface area contributed by atoms with E-state index in [9.17, 15) is 17.6 Å². The van der Waals surface area contributed by atoms with E-state index in [2.05, 4.69) is 15.2 Å². The zero-order valence-corrected chi connectivity index (χ0v) is 14.4. The van der Waals surface area contributed by atoms with Crippen LogP contribution in [0.1, 0.15) is 19.3 Å². The number of nitrogens with one attached hydrogen (secondary N) is 1. The fourth-order valence-electron chi connectivity index (χ4n) is 3.28. The van der Waals surface area contributed by atoms with Crippen molar-refractivity contribution in [2.45, 2.75) is 25.3 Å². The van der Waals surface area contributed by atoms with Gasteiger partial charge < -0.3 is 10.2 Å². The van der Waals surface area contributed by atoms with Crippen LogP contribution in [0.25, 0.3) is 0 Å². The molecule has 2 atom stereocenters. The highest BCUT2D eigenvalue weighted by molar-refractivity contribution is 7.90. The molecule has 1 saturated carbocycles. The zero-order chi connectivity index (χ0) is 17.3. The third-order valence-electron chi connectivity index (χ3n) is 4.67. The van der Waals surface area contributed by atoms with Crippen LogP contribution in [-0.4, -0.2) is 50.4 Å². The number of aromatic nitrogens is 1. The lowest BCUT2D eigenvalue weighted by Crippen LogP contribution is -2.41. The SMILES string of the molecule is CS(=O)(=O)CCC(=O)N[C@H]1CN(c2ccc(F)cn2)C[C@@H]1C1CC1. The average Bonchev–Trinajstić information content (AvgIpc) is 3.27. The minimum absolute atomic E-state index is 0.0124. The molecule has 2 aliphatic rings. The van der Waals surface area contributed by atoms with Crippen molar-refractivity contribution in [3.05, 3.63) is 24.1 Å². The molecule has 1 aromatic heterocycles. The molecule has 1 aliphatic carbocycles. The summed E-state index contributed by atoms with van der Waals surface area (Å²) in [6.07, 6.45) is 4.63. The summed E-state index contributed by atoms with van der Waals surface area (Å²) in [6.45, 7) is 1.39. The molecule has 24 heavy (non-hydrogen) atoms. The molecule has 2 heterocycles. The van der Waals surface area contributed by atoms with Crippen LogP contribution < -0.4 is 10.2 Å². The molecule has 1 amide bonds. The maximum atomic E-state index is 13.0. The number of halogens is 1. The van der Waals surface area contributed by atoms with Crippen LogP contribution in [0, 0.1) is 17.7 Å². The number of pyridine rings is 1. The highest BCUT2D eigenvalue weighted by Crippen LogP contribution is 2.42. The number of anilines is 1. The first-order valence-corrected chi connectivity index (χ1v) is 10.2. The fraction of sp³-hybridized carbons (Fsp3) is 0.625. The van der Waals surface area contributed by atoms with Gasteiger partial charge in [-0.3, -0.25) is 4.79 Å². The molecule has 2 fully saturated rings. The Bertz CT molecular complexity index is 704. The number of rotatable bonds is 6. The maximum absolute atomic E-state index is 13.0. The largest absolute Gasteiger partial charge is 0.354 e. The Labute approximate surface area is 141 Å². The van der Waals surface area contributed by atoms with E-state index in [1.165, 1.54) is 12.3 Å². The summed E-state index contributed by atoms with van der Waals surface area (Å²) >= 11 is 0. The van der Waals surface area contributed by atoms with Gasteiger partial charge in [0.25, 0.3) is 0 Å². The van der Waals surface area contributed by atoms with Gasteiger partial charge in [0.2, 0.25) is 5.91 Å². The van der Waals surface area contributed by atoms with Gasteiger partial charge in [-0.25, -0.2) is 17.8 Å². The summed E-state index contributed by atoms with van der Waals surface area (Å²) in [5.74, 6) is 0.889. The van der Waals surface area contributed by atoms with Gasteiger partial charge >= 0.3 is 0 Å². The number of carbonyl (C=O) groups excluding carboxylic acids is 1. The summed E-state index contributed by atoms with van der Waals surface area (Å²) in [7, 11) is -3.14. The van der Waals surface area contributed by atoms with Crippen molar-refractivity contribution in [1.29, 1.82) is 0 Å². The molecule has 1 N–H and O–H groups in total. The summed E-state index contributed by atoms with van der Waals surface area (Å²) in [5, 5.41) is 2.99. The molecule has 1 aliphatic heterocycles. The second kappa shape index (κ2) is 6.66. The van der Waals surface area contributed by atoms with E-state index in [1.807, 2.05) is 0 Å². The van der Waals surface area contributed by atoms with E-state index >= 15 is 0 Å². The van der Waals surface area contributed by atoms with Gasteiger partial charge in [-0.1, -0.05) is 0 Å². The van der Waals surface area contributed by atoms with Crippen molar-refractivity contribution in [2.75, 3.05) is 30.0 Å². The van der Waals surface area contributed by atoms with Crippen LogP contribution in [0.2, 0.25) is 0 Å². The highest BCUT2D eigenvalue weighted by Gasteiger charge is 2.43. The van der Waals surface area contributed by atoms with Crippen LogP contribution in [0.15, 0.2) is 18.3 Å². The van der Waals surface area contributed by atoms with Crippen molar-refractivity contribution < 1.29 is 17.6 Å². The van der Waals surface area contributed by atoms with Crippen molar-refractivity contribution in [3.63, 3.8) is 0 Å². The Morgan fingerprint density at radius 1 is 1.38 bits per heavy atom. The van der Waals surface area contributed by atoms with Crippen LogP contribution in [-0.2, 0) is 14.6 Å². The number of hydrogen-bond donors (Lipinski definition) is 1. The van der Waals surface area contributed by atoms with E-state index in [1.54, 1.807) is 6.07 Å². The van der Waals surface area contributed by atoms with E-state index < -0.39 is 9.84 Å². The molecule has 0 unspecified atom stereocenters. The number of hydrogen-bond acceptors (Lipinski definition) is 5. The number of nitrogens with zero attached hydrogens (tertiary/aromatic N) is 2. The zero-order valence-electron chi connectivity index (χ0n) is 13.6. The molecule has 3 rings (SSSR count). The van der Waals surface area contributed by atoms with Gasteiger partial charge in [0.15, 0.2) is 0 Å². The van der Waals surface area contributed by atoms with Crippen LogP contribution >= 0.6 is 0 Å². The molecule has 6 nitrogen and oxygen atoms in total. The monoisotopic (exact) mass is 355 g/mol.